The van der Waals surface area contributed by atoms with Crippen molar-refractivity contribution in [2.45, 2.75) is 44.7 Å². The molecule has 1 aliphatic carbocycles. The monoisotopic (exact) mass is 393 g/mol. The summed E-state index contributed by atoms with van der Waals surface area (Å²) in [5, 5.41) is 3.96. The molecule has 1 aromatic carbocycles. The number of benzene rings is 1. The molecule has 2 rings (SSSR count). The minimum Gasteiger partial charge on any atom is -0.370 e. The van der Waals surface area contributed by atoms with Gasteiger partial charge in [-0.15, -0.1) is 24.0 Å². The summed E-state index contributed by atoms with van der Waals surface area (Å²) in [6, 6.07) is 8.27. The number of halogens is 2. The fourth-order valence-corrected chi connectivity index (χ4v) is 2.21. The molecule has 0 aliphatic heterocycles. The van der Waals surface area contributed by atoms with E-state index >= 15 is 0 Å². The third-order valence-corrected chi connectivity index (χ3v) is 3.08. The molecule has 0 saturated heterocycles. The topological polar surface area (TPSA) is 50.4 Å². The Morgan fingerprint density at radius 3 is 2.68 bits per heavy atom. The number of hydrogen-bond donors (Lipinski definition) is 2. The van der Waals surface area contributed by atoms with Gasteiger partial charge < -0.3 is 11.1 Å². The number of nitrogens with zero attached hydrogens (tertiary/aromatic N) is 1. The van der Waals surface area contributed by atoms with Crippen molar-refractivity contribution in [3.05, 3.63) is 34.9 Å². The molecule has 0 aromatic heterocycles. The molecule has 3 nitrogen and oxygen atoms in total. The van der Waals surface area contributed by atoms with Gasteiger partial charge in [-0.3, -0.25) is 0 Å². The zero-order valence-electron chi connectivity index (χ0n) is 11.5. The lowest BCUT2D eigenvalue weighted by Crippen LogP contribution is -2.45. The molecule has 2 unspecified atom stereocenters. The Labute approximate surface area is 137 Å². The van der Waals surface area contributed by atoms with Crippen LogP contribution in [0.5, 0.6) is 0 Å². The Kier molecular flexibility index (Phi) is 5.50. The van der Waals surface area contributed by atoms with E-state index < -0.39 is 0 Å². The van der Waals surface area contributed by atoms with Crippen LogP contribution in [-0.4, -0.2) is 17.5 Å². The average Bonchev–Trinajstić information content (AvgIpc) is 2.93. The Balaban J connectivity index is 0.00000180. The van der Waals surface area contributed by atoms with Gasteiger partial charge in [-0.2, -0.15) is 0 Å². The molecule has 3 N–H and O–H groups in total. The van der Waals surface area contributed by atoms with Crippen LogP contribution in [-0.2, 0) is 0 Å². The van der Waals surface area contributed by atoms with E-state index in [9.17, 15) is 0 Å². The zero-order chi connectivity index (χ0) is 13.3. The predicted octanol–water partition coefficient (Wildman–Crippen LogP) is 3.52. The zero-order valence-corrected chi connectivity index (χ0v) is 14.6. The van der Waals surface area contributed by atoms with Gasteiger partial charge in [0.15, 0.2) is 5.96 Å². The lowest BCUT2D eigenvalue weighted by atomic mass is 10.1. The van der Waals surface area contributed by atoms with E-state index in [0.29, 0.717) is 17.9 Å². The van der Waals surface area contributed by atoms with Crippen molar-refractivity contribution in [1.82, 2.24) is 5.32 Å². The fraction of sp³-hybridized carbons (Fsp3) is 0.500. The lowest BCUT2D eigenvalue weighted by molar-refractivity contribution is 0.508. The van der Waals surface area contributed by atoms with Crippen LogP contribution < -0.4 is 11.1 Å². The number of aliphatic imine (C=N–C) groups is 1. The number of hydrogen-bond acceptors (Lipinski definition) is 1. The highest BCUT2D eigenvalue weighted by atomic mass is 127. The lowest BCUT2D eigenvalue weighted by Gasteiger charge is -2.21. The van der Waals surface area contributed by atoms with E-state index in [1.165, 1.54) is 5.56 Å². The molecule has 0 amide bonds. The number of nitrogens with one attached hydrogen (secondary N) is 1. The van der Waals surface area contributed by atoms with E-state index in [1.807, 2.05) is 18.2 Å². The van der Waals surface area contributed by atoms with Crippen LogP contribution in [0.4, 0.5) is 0 Å². The van der Waals surface area contributed by atoms with E-state index in [1.54, 1.807) is 0 Å². The van der Waals surface area contributed by atoms with E-state index in [2.05, 4.69) is 37.1 Å². The molecule has 1 aromatic rings. The first-order valence-corrected chi connectivity index (χ1v) is 6.60. The SMILES string of the molecule is CC(C)(C)NC(N)=NC1CC1c1cccc(Cl)c1.I. The summed E-state index contributed by atoms with van der Waals surface area (Å²) < 4.78 is 0. The van der Waals surface area contributed by atoms with Gasteiger partial charge in [-0.05, 0) is 44.9 Å². The van der Waals surface area contributed by atoms with E-state index in [-0.39, 0.29) is 29.5 Å². The first-order valence-electron chi connectivity index (χ1n) is 6.22. The largest absolute Gasteiger partial charge is 0.370 e. The van der Waals surface area contributed by atoms with Gasteiger partial charge in [-0.1, -0.05) is 23.7 Å². The van der Waals surface area contributed by atoms with Crippen LogP contribution in [0.2, 0.25) is 5.02 Å². The van der Waals surface area contributed by atoms with Crippen LogP contribution in [0.1, 0.15) is 38.7 Å². The maximum absolute atomic E-state index is 5.98. The van der Waals surface area contributed by atoms with Gasteiger partial charge in [0.1, 0.15) is 0 Å². The van der Waals surface area contributed by atoms with E-state index in [4.69, 9.17) is 17.3 Å². The van der Waals surface area contributed by atoms with E-state index in [0.717, 1.165) is 11.4 Å². The maximum atomic E-state index is 5.98. The highest BCUT2D eigenvalue weighted by molar-refractivity contribution is 14.0. The van der Waals surface area contributed by atoms with Crippen molar-refractivity contribution < 1.29 is 0 Å². The molecule has 0 heterocycles. The molecule has 1 fully saturated rings. The fourth-order valence-electron chi connectivity index (χ4n) is 2.01. The molecular weight excluding hydrogens is 373 g/mol. The van der Waals surface area contributed by atoms with Crippen LogP contribution in [0, 0.1) is 0 Å². The molecule has 5 heteroatoms. The second kappa shape index (κ2) is 6.31. The minimum atomic E-state index is -0.0476. The van der Waals surface area contributed by atoms with Crippen molar-refractivity contribution in [3.63, 3.8) is 0 Å². The van der Waals surface area contributed by atoms with Gasteiger partial charge in [0.05, 0.1) is 6.04 Å². The van der Waals surface area contributed by atoms with Crippen LogP contribution >= 0.6 is 35.6 Å². The Hall–Kier alpha value is -0.490. The number of guanidine groups is 1. The molecule has 0 bridgehead atoms. The highest BCUT2D eigenvalue weighted by Crippen LogP contribution is 2.43. The quantitative estimate of drug-likeness (QED) is 0.459. The predicted molar refractivity (Wildman–Crippen MR) is 92.5 cm³/mol. The molecule has 1 aliphatic rings. The third kappa shape index (κ3) is 5.18. The number of rotatable bonds is 2. The molecule has 19 heavy (non-hydrogen) atoms. The van der Waals surface area contributed by atoms with Crippen LogP contribution in [0.3, 0.4) is 0 Å². The van der Waals surface area contributed by atoms with Gasteiger partial charge in [0, 0.05) is 16.5 Å². The molecule has 106 valence electrons. The van der Waals surface area contributed by atoms with Gasteiger partial charge in [0.25, 0.3) is 0 Å². The Morgan fingerprint density at radius 1 is 1.42 bits per heavy atom. The number of nitrogens with two attached hydrogens (primary N) is 1. The maximum Gasteiger partial charge on any atom is 0.189 e. The Bertz CT molecular complexity index is 468. The van der Waals surface area contributed by atoms with Gasteiger partial charge in [0.2, 0.25) is 0 Å². The van der Waals surface area contributed by atoms with Crippen LogP contribution in [0.15, 0.2) is 29.3 Å². The van der Waals surface area contributed by atoms with Crippen molar-refractivity contribution >= 4 is 41.5 Å². The summed E-state index contributed by atoms with van der Waals surface area (Å²) in [5.74, 6) is 0.987. The summed E-state index contributed by atoms with van der Waals surface area (Å²) >= 11 is 5.98. The first kappa shape index (κ1) is 16.6. The van der Waals surface area contributed by atoms with Crippen molar-refractivity contribution in [3.8, 4) is 0 Å². The van der Waals surface area contributed by atoms with Gasteiger partial charge in [-0.25, -0.2) is 4.99 Å². The highest BCUT2D eigenvalue weighted by Gasteiger charge is 2.38. The second-order valence-electron chi connectivity index (χ2n) is 5.85. The summed E-state index contributed by atoms with van der Waals surface area (Å²) in [7, 11) is 0. The van der Waals surface area contributed by atoms with Crippen molar-refractivity contribution in [2.75, 3.05) is 0 Å². The minimum absolute atomic E-state index is 0. The third-order valence-electron chi connectivity index (χ3n) is 2.84. The smallest absolute Gasteiger partial charge is 0.189 e. The molecular formula is C14H21ClIN3. The van der Waals surface area contributed by atoms with Crippen molar-refractivity contribution in [2.24, 2.45) is 10.7 Å². The van der Waals surface area contributed by atoms with Crippen LogP contribution in [0.25, 0.3) is 0 Å². The molecule has 2 atom stereocenters. The molecule has 0 radical (unpaired) electrons. The summed E-state index contributed by atoms with van der Waals surface area (Å²) in [6.07, 6.45) is 1.05. The molecule has 1 saturated carbocycles. The van der Waals surface area contributed by atoms with Gasteiger partial charge >= 0.3 is 0 Å². The average molecular weight is 394 g/mol. The molecule has 0 spiro atoms. The summed E-state index contributed by atoms with van der Waals surface area (Å²) in [5.41, 5.74) is 7.09. The van der Waals surface area contributed by atoms with Crippen molar-refractivity contribution in [1.29, 1.82) is 0 Å². The second-order valence-corrected chi connectivity index (χ2v) is 6.29. The normalized spacial score (nSPS) is 22.6. The standard InChI is InChI=1S/C14H20ClN3.HI/c1-14(2,3)18-13(16)17-12-8-11(12)9-5-4-6-10(15)7-9;/h4-7,11-12H,8H2,1-3H3,(H3,16,17,18);1H. The summed E-state index contributed by atoms with van der Waals surface area (Å²) in [4.78, 5) is 4.50. The Morgan fingerprint density at radius 2 is 2.11 bits per heavy atom. The first-order chi connectivity index (χ1) is 8.35. The summed E-state index contributed by atoms with van der Waals surface area (Å²) in [6.45, 7) is 6.20.